The third kappa shape index (κ3) is 6.68. The Bertz CT molecular complexity index is 1480. The molecule has 4 rings (SSSR count). The van der Waals surface area contributed by atoms with Crippen molar-refractivity contribution in [3.63, 3.8) is 0 Å². The molecule has 0 aliphatic heterocycles. The van der Waals surface area contributed by atoms with Crippen molar-refractivity contribution in [3.05, 3.63) is 82.8 Å². The van der Waals surface area contributed by atoms with Crippen LogP contribution < -0.4 is 10.1 Å². The van der Waals surface area contributed by atoms with Crippen LogP contribution in [0.15, 0.2) is 54.6 Å². The summed E-state index contributed by atoms with van der Waals surface area (Å²) in [5, 5.41) is 7.81. The second-order valence-electron chi connectivity index (χ2n) is 10.2. The maximum Gasteiger partial charge on any atom is 0.308 e. The monoisotopic (exact) mass is 542 g/mol. The van der Waals surface area contributed by atoms with Crippen molar-refractivity contribution < 1.29 is 19.1 Å². The van der Waals surface area contributed by atoms with Crippen molar-refractivity contribution in [1.82, 2.24) is 19.9 Å². The summed E-state index contributed by atoms with van der Waals surface area (Å²) in [6.07, 6.45) is 0.843. The highest BCUT2D eigenvalue weighted by Gasteiger charge is 2.22. The molecular weight excluding hydrogens is 504 g/mol. The van der Waals surface area contributed by atoms with Gasteiger partial charge in [-0.05, 0) is 76.8 Å². The van der Waals surface area contributed by atoms with Gasteiger partial charge in [0.25, 0.3) is 0 Å². The smallest absolute Gasteiger partial charge is 0.308 e. The normalized spacial score (nSPS) is 12.0. The molecule has 8 nitrogen and oxygen atoms in total. The van der Waals surface area contributed by atoms with E-state index in [4.69, 9.17) is 19.6 Å². The van der Waals surface area contributed by atoms with E-state index in [-0.39, 0.29) is 37.4 Å². The largest absolute Gasteiger partial charge is 0.491 e. The first-order valence-corrected chi connectivity index (χ1v) is 13.8. The molecule has 1 amide bonds. The number of carbonyl (C=O) groups is 2. The van der Waals surface area contributed by atoms with Crippen LogP contribution in [0.5, 0.6) is 5.75 Å². The predicted octanol–water partition coefficient (Wildman–Crippen LogP) is 5.85. The minimum Gasteiger partial charge on any atom is -0.491 e. The highest BCUT2D eigenvalue weighted by molar-refractivity contribution is 5.81. The SMILES string of the molecule is CCOC(=O)C[C@@H](NC(=O)CCc1c(C)nc2c(-c3ccccc3)c(C)nn2c1C)c1ccc(OC(C)C)cc1. The topological polar surface area (TPSA) is 94.8 Å². The van der Waals surface area contributed by atoms with Crippen LogP contribution in [0, 0.1) is 20.8 Å². The molecule has 8 heteroatoms. The number of nitrogens with one attached hydrogen (secondary N) is 1. The van der Waals surface area contributed by atoms with Crippen LogP contribution >= 0.6 is 0 Å². The molecule has 0 saturated carbocycles. The number of ether oxygens (including phenoxy) is 2. The molecule has 0 radical (unpaired) electrons. The molecule has 210 valence electrons. The number of esters is 1. The lowest BCUT2D eigenvalue weighted by molar-refractivity contribution is -0.143. The molecular formula is C32H38N4O4. The van der Waals surface area contributed by atoms with Crippen molar-refractivity contribution in [2.75, 3.05) is 6.61 Å². The fraction of sp³-hybridized carbons (Fsp3) is 0.375. The number of nitrogens with zero attached hydrogens (tertiary/aromatic N) is 3. The van der Waals surface area contributed by atoms with Crippen LogP contribution in [0.4, 0.5) is 0 Å². The van der Waals surface area contributed by atoms with Gasteiger partial charge >= 0.3 is 5.97 Å². The molecule has 0 unspecified atom stereocenters. The molecule has 0 aliphatic carbocycles. The van der Waals surface area contributed by atoms with Crippen molar-refractivity contribution in [3.8, 4) is 16.9 Å². The van der Waals surface area contributed by atoms with Crippen LogP contribution in [0.1, 0.15) is 67.9 Å². The quantitative estimate of drug-likeness (QED) is 0.239. The van der Waals surface area contributed by atoms with Crippen molar-refractivity contribution in [1.29, 1.82) is 0 Å². The molecule has 0 saturated heterocycles. The first-order chi connectivity index (χ1) is 19.2. The Morgan fingerprint density at radius 3 is 2.33 bits per heavy atom. The zero-order chi connectivity index (χ0) is 28.8. The van der Waals surface area contributed by atoms with Gasteiger partial charge in [0.05, 0.1) is 30.9 Å². The van der Waals surface area contributed by atoms with Crippen LogP contribution in [-0.2, 0) is 20.7 Å². The summed E-state index contributed by atoms with van der Waals surface area (Å²) in [6.45, 7) is 12.0. The van der Waals surface area contributed by atoms with E-state index >= 15 is 0 Å². The van der Waals surface area contributed by atoms with E-state index in [1.165, 1.54) is 0 Å². The minimum absolute atomic E-state index is 0.0460. The van der Waals surface area contributed by atoms with Gasteiger partial charge in [0, 0.05) is 23.4 Å². The lowest BCUT2D eigenvalue weighted by atomic mass is 10.0. The number of fused-ring (bicyclic) bond motifs is 1. The van der Waals surface area contributed by atoms with E-state index in [0.717, 1.165) is 50.7 Å². The number of aryl methyl sites for hydroxylation is 3. The molecule has 1 N–H and O–H groups in total. The van der Waals surface area contributed by atoms with E-state index < -0.39 is 6.04 Å². The van der Waals surface area contributed by atoms with Crippen molar-refractivity contribution in [2.45, 2.75) is 73.0 Å². The third-order valence-electron chi connectivity index (χ3n) is 6.83. The Balaban J connectivity index is 1.52. The molecule has 0 spiro atoms. The number of amides is 1. The zero-order valence-electron chi connectivity index (χ0n) is 24.2. The molecule has 2 heterocycles. The molecule has 1 atom stereocenters. The van der Waals surface area contributed by atoms with Gasteiger partial charge in [0.15, 0.2) is 5.65 Å². The number of benzene rings is 2. The van der Waals surface area contributed by atoms with Crippen molar-refractivity contribution >= 4 is 17.5 Å². The highest BCUT2D eigenvalue weighted by atomic mass is 16.5. The third-order valence-corrected chi connectivity index (χ3v) is 6.83. The Labute approximate surface area is 235 Å². The maximum atomic E-state index is 13.2. The zero-order valence-corrected chi connectivity index (χ0v) is 24.2. The molecule has 2 aromatic carbocycles. The van der Waals surface area contributed by atoms with E-state index in [9.17, 15) is 9.59 Å². The van der Waals surface area contributed by atoms with Crippen LogP contribution in [0.3, 0.4) is 0 Å². The summed E-state index contributed by atoms with van der Waals surface area (Å²) in [5.74, 6) is 0.218. The molecule has 2 aromatic heterocycles. The van der Waals surface area contributed by atoms with Gasteiger partial charge in [-0.25, -0.2) is 9.50 Å². The van der Waals surface area contributed by atoms with Gasteiger partial charge in [-0.3, -0.25) is 9.59 Å². The first kappa shape index (κ1) is 28.8. The molecule has 0 bridgehead atoms. The maximum absolute atomic E-state index is 13.2. The van der Waals surface area contributed by atoms with Gasteiger partial charge in [-0.2, -0.15) is 5.10 Å². The average molecular weight is 543 g/mol. The molecule has 40 heavy (non-hydrogen) atoms. The van der Waals surface area contributed by atoms with E-state index in [0.29, 0.717) is 6.42 Å². The number of carbonyl (C=O) groups excluding carboxylic acids is 2. The lowest BCUT2D eigenvalue weighted by Gasteiger charge is -2.20. The summed E-state index contributed by atoms with van der Waals surface area (Å²) in [4.78, 5) is 30.4. The van der Waals surface area contributed by atoms with E-state index in [2.05, 4.69) is 17.4 Å². The van der Waals surface area contributed by atoms with Crippen molar-refractivity contribution in [2.24, 2.45) is 0 Å². The van der Waals surface area contributed by atoms with E-state index in [1.807, 2.05) is 81.6 Å². The lowest BCUT2D eigenvalue weighted by Crippen LogP contribution is -2.31. The Morgan fingerprint density at radius 1 is 0.975 bits per heavy atom. The average Bonchev–Trinajstić information content (AvgIpc) is 3.24. The highest BCUT2D eigenvalue weighted by Crippen LogP contribution is 2.29. The summed E-state index contributed by atoms with van der Waals surface area (Å²) in [7, 11) is 0. The molecule has 0 fully saturated rings. The fourth-order valence-electron chi connectivity index (χ4n) is 4.97. The molecule has 4 aromatic rings. The summed E-state index contributed by atoms with van der Waals surface area (Å²) >= 11 is 0. The Hall–Kier alpha value is -4.20. The molecule has 0 aliphatic rings. The standard InChI is InChI=1S/C32H38N4O4/c1-7-39-30(38)19-28(24-13-15-26(16-14-24)40-20(2)3)34-29(37)18-17-27-21(4)33-32-31(25-11-9-8-10-12-25)22(5)35-36(32)23(27)6/h8-16,20,28H,7,17-19H2,1-6H3,(H,34,37)/t28-/m1/s1. The van der Waals surface area contributed by atoms with Gasteiger partial charge in [-0.15, -0.1) is 0 Å². The van der Waals surface area contributed by atoms with Gasteiger partial charge in [0.1, 0.15) is 5.75 Å². The van der Waals surface area contributed by atoms with Gasteiger partial charge in [0.2, 0.25) is 5.91 Å². The minimum atomic E-state index is -0.510. The second-order valence-corrected chi connectivity index (χ2v) is 10.2. The number of hydrogen-bond donors (Lipinski definition) is 1. The summed E-state index contributed by atoms with van der Waals surface area (Å²) in [5.41, 5.74) is 7.44. The second kappa shape index (κ2) is 12.8. The first-order valence-electron chi connectivity index (χ1n) is 13.8. The number of hydrogen-bond acceptors (Lipinski definition) is 6. The van der Waals surface area contributed by atoms with E-state index in [1.54, 1.807) is 6.92 Å². The summed E-state index contributed by atoms with van der Waals surface area (Å²) in [6, 6.07) is 17.1. The van der Waals surface area contributed by atoms with Crippen LogP contribution in [0.2, 0.25) is 0 Å². The van der Waals surface area contributed by atoms with Gasteiger partial charge in [-0.1, -0.05) is 42.5 Å². The van der Waals surface area contributed by atoms with Crippen LogP contribution in [0.25, 0.3) is 16.8 Å². The van der Waals surface area contributed by atoms with Gasteiger partial charge < -0.3 is 14.8 Å². The predicted molar refractivity (Wildman–Crippen MR) is 155 cm³/mol. The number of aromatic nitrogens is 3. The fourth-order valence-corrected chi connectivity index (χ4v) is 4.97. The Morgan fingerprint density at radius 2 is 1.68 bits per heavy atom. The summed E-state index contributed by atoms with van der Waals surface area (Å²) < 4.78 is 12.8. The number of rotatable bonds is 11. The Kier molecular flexibility index (Phi) is 9.19. The van der Waals surface area contributed by atoms with Crippen LogP contribution in [-0.4, -0.2) is 39.2 Å².